The van der Waals surface area contributed by atoms with Gasteiger partial charge in [0.05, 0.1) is 30.7 Å². The molecule has 1 fully saturated rings. The van der Waals surface area contributed by atoms with Crippen molar-refractivity contribution in [1.82, 2.24) is 10.6 Å². The third kappa shape index (κ3) is 6.18. The molecule has 0 spiro atoms. The second-order valence-corrected chi connectivity index (χ2v) is 7.27. The number of guanidine groups is 1. The minimum absolute atomic E-state index is 0.0808. The smallest absolute Gasteiger partial charge is 0.269 e. The minimum atomic E-state index is -0.399. The molecule has 30 heavy (non-hydrogen) atoms. The highest BCUT2D eigenvalue weighted by atomic mass is 16.6. The van der Waals surface area contributed by atoms with Gasteiger partial charge in [-0.25, -0.2) is 4.99 Å². The van der Waals surface area contributed by atoms with Crippen LogP contribution in [-0.2, 0) is 17.8 Å². The first-order chi connectivity index (χ1) is 14.5. The highest BCUT2D eigenvalue weighted by Gasteiger charge is 2.23. The predicted octanol–water partition coefficient (Wildman–Crippen LogP) is 3.41. The van der Waals surface area contributed by atoms with E-state index >= 15 is 0 Å². The molecular formula is C22H28N4O4. The van der Waals surface area contributed by atoms with Crippen molar-refractivity contribution < 1.29 is 14.4 Å². The molecule has 2 aromatic carbocycles. The van der Waals surface area contributed by atoms with Crippen molar-refractivity contribution in [3.05, 3.63) is 69.8 Å². The number of methoxy groups -OCH3 is 1. The van der Waals surface area contributed by atoms with E-state index in [9.17, 15) is 10.1 Å². The summed E-state index contributed by atoms with van der Waals surface area (Å²) < 4.78 is 11.0. The molecular weight excluding hydrogens is 384 g/mol. The lowest BCUT2D eigenvalue weighted by Gasteiger charge is -2.23. The van der Waals surface area contributed by atoms with Gasteiger partial charge < -0.3 is 20.1 Å². The Balaban J connectivity index is 1.66. The van der Waals surface area contributed by atoms with Gasteiger partial charge in [-0.1, -0.05) is 24.3 Å². The Morgan fingerprint density at radius 3 is 2.53 bits per heavy atom. The largest absolute Gasteiger partial charge is 0.497 e. The van der Waals surface area contributed by atoms with Gasteiger partial charge in [-0.3, -0.25) is 10.1 Å². The van der Waals surface area contributed by atoms with Crippen LogP contribution in [0.25, 0.3) is 0 Å². The summed E-state index contributed by atoms with van der Waals surface area (Å²) in [5, 5.41) is 17.6. The third-order valence-corrected chi connectivity index (χ3v) is 5.07. The molecule has 8 nitrogen and oxygen atoms in total. The van der Waals surface area contributed by atoms with Gasteiger partial charge in [0.1, 0.15) is 5.75 Å². The fourth-order valence-electron chi connectivity index (χ4n) is 3.28. The molecule has 1 saturated heterocycles. The molecule has 0 amide bonds. The first-order valence-electron chi connectivity index (χ1n) is 10.1. The molecule has 0 aromatic heterocycles. The maximum absolute atomic E-state index is 10.8. The Morgan fingerprint density at radius 2 is 1.93 bits per heavy atom. The SMILES string of the molecule is COc1ccc(CN=C(NCc2ccc([N+](=O)[O-])cc2)NC(C)C2CCCO2)cc1. The van der Waals surface area contributed by atoms with E-state index in [0.29, 0.717) is 19.0 Å². The van der Waals surface area contributed by atoms with Crippen molar-refractivity contribution in [2.75, 3.05) is 13.7 Å². The second-order valence-electron chi connectivity index (χ2n) is 7.27. The number of benzene rings is 2. The van der Waals surface area contributed by atoms with Crippen molar-refractivity contribution in [2.24, 2.45) is 4.99 Å². The lowest BCUT2D eigenvalue weighted by molar-refractivity contribution is -0.384. The Hall–Kier alpha value is -3.13. The van der Waals surface area contributed by atoms with Gasteiger partial charge in [0.15, 0.2) is 5.96 Å². The summed E-state index contributed by atoms with van der Waals surface area (Å²) in [6.07, 6.45) is 2.27. The van der Waals surface area contributed by atoms with E-state index in [4.69, 9.17) is 14.5 Å². The predicted molar refractivity (Wildman–Crippen MR) is 116 cm³/mol. The van der Waals surface area contributed by atoms with E-state index in [-0.39, 0.29) is 17.8 Å². The minimum Gasteiger partial charge on any atom is -0.497 e. The number of hydrogen-bond acceptors (Lipinski definition) is 5. The highest BCUT2D eigenvalue weighted by molar-refractivity contribution is 5.80. The first-order valence-corrected chi connectivity index (χ1v) is 10.1. The molecule has 0 radical (unpaired) electrons. The highest BCUT2D eigenvalue weighted by Crippen LogP contribution is 2.16. The number of hydrogen-bond donors (Lipinski definition) is 2. The Kier molecular flexibility index (Phi) is 7.62. The van der Waals surface area contributed by atoms with Crippen molar-refractivity contribution in [2.45, 2.75) is 45.0 Å². The first kappa shape index (κ1) is 21.6. The summed E-state index contributed by atoms with van der Waals surface area (Å²) in [7, 11) is 1.64. The van der Waals surface area contributed by atoms with Gasteiger partial charge in [0.25, 0.3) is 5.69 Å². The van der Waals surface area contributed by atoms with Gasteiger partial charge in [-0.05, 0) is 43.0 Å². The Labute approximate surface area is 176 Å². The van der Waals surface area contributed by atoms with E-state index in [1.165, 1.54) is 12.1 Å². The zero-order valence-corrected chi connectivity index (χ0v) is 17.3. The van der Waals surface area contributed by atoms with Gasteiger partial charge >= 0.3 is 0 Å². The molecule has 3 rings (SSSR count). The fraction of sp³-hybridized carbons (Fsp3) is 0.409. The number of non-ortho nitro benzene ring substituents is 1. The van der Waals surface area contributed by atoms with Crippen LogP contribution in [0.3, 0.4) is 0 Å². The van der Waals surface area contributed by atoms with Crippen LogP contribution in [0.5, 0.6) is 5.75 Å². The Morgan fingerprint density at radius 1 is 1.23 bits per heavy atom. The number of rotatable bonds is 8. The Bertz CT molecular complexity index is 846. The summed E-state index contributed by atoms with van der Waals surface area (Å²) >= 11 is 0. The molecule has 2 unspecified atom stereocenters. The summed E-state index contributed by atoms with van der Waals surface area (Å²) in [4.78, 5) is 15.1. The normalized spacial score (nSPS) is 17.4. The lowest BCUT2D eigenvalue weighted by Crippen LogP contribution is -2.46. The van der Waals surface area contributed by atoms with Crippen LogP contribution >= 0.6 is 0 Å². The molecule has 0 bridgehead atoms. The standard InChI is InChI=1S/C22H28N4O4/c1-16(21-4-3-13-30-21)25-22(24-15-18-7-11-20(29-2)12-8-18)23-14-17-5-9-19(10-6-17)26(27)28/h5-12,16,21H,3-4,13-15H2,1-2H3,(H2,23,24,25). The van der Waals surface area contributed by atoms with Crippen LogP contribution in [0.15, 0.2) is 53.5 Å². The van der Waals surface area contributed by atoms with Crippen LogP contribution in [0.4, 0.5) is 5.69 Å². The molecule has 8 heteroatoms. The van der Waals surface area contributed by atoms with Crippen molar-refractivity contribution in [3.63, 3.8) is 0 Å². The topological polar surface area (TPSA) is 98.0 Å². The number of nitro benzene ring substituents is 1. The molecule has 0 aliphatic carbocycles. The zero-order valence-electron chi connectivity index (χ0n) is 17.3. The molecule has 1 heterocycles. The van der Waals surface area contributed by atoms with E-state index in [2.05, 4.69) is 17.6 Å². The van der Waals surface area contributed by atoms with Gasteiger partial charge in [0.2, 0.25) is 0 Å². The van der Waals surface area contributed by atoms with E-state index < -0.39 is 4.92 Å². The maximum Gasteiger partial charge on any atom is 0.269 e. The number of nitrogens with zero attached hydrogens (tertiary/aromatic N) is 2. The van der Waals surface area contributed by atoms with E-state index in [1.807, 2.05) is 24.3 Å². The number of aliphatic imine (C=N–C) groups is 1. The molecule has 0 saturated carbocycles. The van der Waals surface area contributed by atoms with Crippen molar-refractivity contribution >= 4 is 11.6 Å². The van der Waals surface area contributed by atoms with E-state index in [1.54, 1.807) is 19.2 Å². The molecule has 2 N–H and O–H groups in total. The molecule has 2 aromatic rings. The summed E-state index contributed by atoms with van der Waals surface area (Å²) in [5.74, 6) is 1.48. The second kappa shape index (κ2) is 10.6. The third-order valence-electron chi connectivity index (χ3n) is 5.07. The molecule has 160 valence electrons. The summed E-state index contributed by atoms with van der Waals surface area (Å²) in [5.41, 5.74) is 2.08. The van der Waals surface area contributed by atoms with Crippen LogP contribution in [-0.4, -0.2) is 36.7 Å². The molecule has 2 atom stereocenters. The summed E-state index contributed by atoms with van der Waals surface area (Å²) in [6, 6.07) is 14.4. The van der Waals surface area contributed by atoms with Gasteiger partial charge in [-0.15, -0.1) is 0 Å². The van der Waals surface area contributed by atoms with E-state index in [0.717, 1.165) is 36.3 Å². The number of ether oxygens (including phenoxy) is 2. The van der Waals surface area contributed by atoms with Crippen LogP contribution < -0.4 is 15.4 Å². The van der Waals surface area contributed by atoms with Crippen LogP contribution in [0, 0.1) is 10.1 Å². The van der Waals surface area contributed by atoms with Gasteiger partial charge in [0, 0.05) is 25.3 Å². The quantitative estimate of drug-likeness (QED) is 0.298. The van der Waals surface area contributed by atoms with Crippen LogP contribution in [0.1, 0.15) is 30.9 Å². The average molecular weight is 412 g/mol. The number of nitro groups is 1. The average Bonchev–Trinajstić information content (AvgIpc) is 3.31. The monoisotopic (exact) mass is 412 g/mol. The molecule has 1 aliphatic heterocycles. The fourth-order valence-corrected chi connectivity index (χ4v) is 3.28. The van der Waals surface area contributed by atoms with Crippen LogP contribution in [0.2, 0.25) is 0 Å². The lowest BCUT2D eigenvalue weighted by atomic mass is 10.1. The van der Waals surface area contributed by atoms with Crippen molar-refractivity contribution in [1.29, 1.82) is 0 Å². The summed E-state index contributed by atoms with van der Waals surface area (Å²) in [6.45, 7) is 3.90. The van der Waals surface area contributed by atoms with Gasteiger partial charge in [-0.2, -0.15) is 0 Å². The number of nitrogens with one attached hydrogen (secondary N) is 2. The van der Waals surface area contributed by atoms with Crippen molar-refractivity contribution in [3.8, 4) is 5.75 Å². The molecule has 1 aliphatic rings. The zero-order chi connectivity index (χ0) is 21.3. The maximum atomic E-state index is 10.8.